The van der Waals surface area contributed by atoms with Crippen molar-refractivity contribution in [3.05, 3.63) is 24.8 Å². The third kappa shape index (κ3) is 12.2. The lowest BCUT2D eigenvalue weighted by Gasteiger charge is -1.98. The van der Waals surface area contributed by atoms with Crippen LogP contribution in [0.3, 0.4) is 0 Å². The monoisotopic (exact) mass is 292 g/mol. The zero-order chi connectivity index (χ0) is 9.78. The normalized spacial score (nSPS) is 10.8. The van der Waals surface area contributed by atoms with Crippen molar-refractivity contribution in [2.75, 3.05) is 4.43 Å². The van der Waals surface area contributed by atoms with Crippen molar-refractivity contribution in [3.8, 4) is 0 Å². The molecule has 0 atom stereocenters. The first kappa shape index (κ1) is 13.2. The first-order valence-electron chi connectivity index (χ1n) is 5.25. The summed E-state index contributed by atoms with van der Waals surface area (Å²) in [5.74, 6) is 0. The van der Waals surface area contributed by atoms with Crippen molar-refractivity contribution in [1.82, 2.24) is 0 Å². The van der Waals surface area contributed by atoms with Gasteiger partial charge in [0, 0.05) is 0 Å². The molecule has 0 aromatic rings. The van der Waals surface area contributed by atoms with E-state index in [2.05, 4.69) is 35.2 Å². The van der Waals surface area contributed by atoms with Gasteiger partial charge < -0.3 is 0 Å². The second-order valence-electron chi connectivity index (χ2n) is 3.26. The van der Waals surface area contributed by atoms with Gasteiger partial charge in [-0.25, -0.2) is 0 Å². The quantitative estimate of drug-likeness (QED) is 0.245. The highest BCUT2D eigenvalue weighted by Gasteiger charge is 1.88. The zero-order valence-corrected chi connectivity index (χ0v) is 10.6. The fourth-order valence-electron chi connectivity index (χ4n) is 1.26. The van der Waals surface area contributed by atoms with E-state index in [0.29, 0.717) is 0 Å². The number of halogens is 1. The molecule has 0 amide bonds. The number of alkyl halides is 1. The lowest BCUT2D eigenvalue weighted by atomic mass is 10.1. The minimum Gasteiger partial charge on any atom is -0.0991 e. The maximum Gasteiger partial charge on any atom is -0.000473 e. The molecule has 0 aromatic carbocycles. The topological polar surface area (TPSA) is 0 Å². The van der Waals surface area contributed by atoms with Gasteiger partial charge in [0.25, 0.3) is 0 Å². The number of hydrogen-bond donors (Lipinski definition) is 0. The summed E-state index contributed by atoms with van der Waals surface area (Å²) in [4.78, 5) is 0. The second-order valence-corrected chi connectivity index (χ2v) is 4.34. The van der Waals surface area contributed by atoms with E-state index in [1.54, 1.807) is 0 Å². The Balaban J connectivity index is 2.91. The molecule has 0 aliphatic rings. The number of allylic oxidation sites excluding steroid dienone is 3. The van der Waals surface area contributed by atoms with Crippen molar-refractivity contribution in [2.24, 2.45) is 0 Å². The third-order valence-electron chi connectivity index (χ3n) is 2.03. The summed E-state index contributed by atoms with van der Waals surface area (Å²) < 4.78 is 1.32. The fourth-order valence-corrected chi connectivity index (χ4v) is 1.80. The van der Waals surface area contributed by atoms with Crippen molar-refractivity contribution < 1.29 is 0 Å². The Kier molecular flexibility index (Phi) is 12.4. The van der Waals surface area contributed by atoms with Crippen molar-refractivity contribution in [1.29, 1.82) is 0 Å². The predicted octanol–water partition coefficient (Wildman–Crippen LogP) is 4.89. The molecule has 0 bridgehead atoms. The molecule has 0 aromatic heterocycles. The molecule has 0 unspecified atom stereocenters. The standard InChI is InChI=1S/C12H21I/c1-2-3-4-5-6-7-8-9-10-11-12-13/h2-4H,1,5-12H2. The Morgan fingerprint density at radius 3 is 2.15 bits per heavy atom. The van der Waals surface area contributed by atoms with Gasteiger partial charge in [-0.05, 0) is 23.7 Å². The molecule has 76 valence electrons. The van der Waals surface area contributed by atoms with Crippen LogP contribution in [0.15, 0.2) is 24.8 Å². The highest BCUT2D eigenvalue weighted by atomic mass is 127. The third-order valence-corrected chi connectivity index (χ3v) is 2.79. The highest BCUT2D eigenvalue weighted by molar-refractivity contribution is 14.1. The summed E-state index contributed by atoms with van der Waals surface area (Å²) in [6.45, 7) is 3.64. The van der Waals surface area contributed by atoms with Crippen LogP contribution in [0.4, 0.5) is 0 Å². The molecule has 0 saturated heterocycles. The molecule has 0 nitrogen and oxygen atoms in total. The van der Waals surface area contributed by atoms with Gasteiger partial charge in [0.15, 0.2) is 0 Å². The summed E-state index contributed by atoms with van der Waals surface area (Å²) in [6, 6.07) is 0. The molecule has 1 heteroatoms. The Morgan fingerprint density at radius 2 is 1.54 bits per heavy atom. The van der Waals surface area contributed by atoms with Gasteiger partial charge >= 0.3 is 0 Å². The van der Waals surface area contributed by atoms with E-state index in [1.807, 2.05) is 12.2 Å². The van der Waals surface area contributed by atoms with E-state index in [4.69, 9.17) is 0 Å². The molecular formula is C12H21I. The highest BCUT2D eigenvalue weighted by Crippen LogP contribution is 2.08. The molecule has 0 saturated carbocycles. The van der Waals surface area contributed by atoms with Crippen LogP contribution in [0.2, 0.25) is 0 Å². The van der Waals surface area contributed by atoms with Crippen molar-refractivity contribution in [3.63, 3.8) is 0 Å². The van der Waals surface area contributed by atoms with Crippen LogP contribution < -0.4 is 0 Å². The molecule has 0 spiro atoms. The van der Waals surface area contributed by atoms with Gasteiger partial charge in [-0.3, -0.25) is 0 Å². The number of rotatable bonds is 9. The first-order chi connectivity index (χ1) is 6.41. The van der Waals surface area contributed by atoms with Crippen LogP contribution in [0.5, 0.6) is 0 Å². The van der Waals surface area contributed by atoms with Gasteiger partial charge in [-0.2, -0.15) is 0 Å². The maximum atomic E-state index is 3.64. The Hall–Kier alpha value is 0.210. The maximum absolute atomic E-state index is 3.64. The average molecular weight is 292 g/mol. The van der Waals surface area contributed by atoms with Crippen LogP contribution in [-0.4, -0.2) is 4.43 Å². The van der Waals surface area contributed by atoms with Crippen molar-refractivity contribution >= 4 is 22.6 Å². The number of hydrogen-bond acceptors (Lipinski definition) is 0. The van der Waals surface area contributed by atoms with Gasteiger partial charge in [0.1, 0.15) is 0 Å². The predicted molar refractivity (Wildman–Crippen MR) is 70.5 cm³/mol. The minimum absolute atomic E-state index is 1.22. The van der Waals surface area contributed by atoms with E-state index >= 15 is 0 Å². The SMILES string of the molecule is C=CC=CCCCCCCCCI. The zero-order valence-electron chi connectivity index (χ0n) is 8.47. The van der Waals surface area contributed by atoms with Gasteiger partial charge in [-0.15, -0.1) is 0 Å². The smallest absolute Gasteiger partial charge is 0.000473 e. The Labute approximate surface area is 96.6 Å². The fraction of sp³-hybridized carbons (Fsp3) is 0.667. The lowest BCUT2D eigenvalue weighted by Crippen LogP contribution is -1.79. The molecular weight excluding hydrogens is 271 g/mol. The van der Waals surface area contributed by atoms with Crippen LogP contribution in [0, 0.1) is 0 Å². The molecule has 0 aliphatic carbocycles. The van der Waals surface area contributed by atoms with E-state index in [-0.39, 0.29) is 0 Å². The second kappa shape index (κ2) is 12.2. The lowest BCUT2D eigenvalue weighted by molar-refractivity contribution is 0.614. The molecule has 13 heavy (non-hydrogen) atoms. The summed E-state index contributed by atoms with van der Waals surface area (Å²) in [7, 11) is 0. The largest absolute Gasteiger partial charge is 0.0991 e. The van der Waals surface area contributed by atoms with Gasteiger partial charge in [-0.1, -0.05) is 73.1 Å². The average Bonchev–Trinajstić information content (AvgIpc) is 2.16. The van der Waals surface area contributed by atoms with E-state index < -0.39 is 0 Å². The Bertz CT molecular complexity index is 127. The van der Waals surface area contributed by atoms with Crippen LogP contribution in [0.1, 0.15) is 44.9 Å². The summed E-state index contributed by atoms with van der Waals surface area (Å²) in [5.41, 5.74) is 0. The van der Waals surface area contributed by atoms with E-state index in [1.165, 1.54) is 49.4 Å². The first-order valence-corrected chi connectivity index (χ1v) is 6.78. The molecule has 0 rings (SSSR count). The molecule has 0 aliphatic heterocycles. The summed E-state index contributed by atoms with van der Waals surface area (Å²) in [6.07, 6.45) is 15.7. The summed E-state index contributed by atoms with van der Waals surface area (Å²) >= 11 is 2.45. The minimum atomic E-state index is 1.22. The van der Waals surface area contributed by atoms with Crippen molar-refractivity contribution in [2.45, 2.75) is 44.9 Å². The van der Waals surface area contributed by atoms with Crippen LogP contribution >= 0.6 is 22.6 Å². The van der Waals surface area contributed by atoms with Gasteiger partial charge in [0.2, 0.25) is 0 Å². The Morgan fingerprint density at radius 1 is 0.923 bits per heavy atom. The van der Waals surface area contributed by atoms with Gasteiger partial charge in [0.05, 0.1) is 0 Å². The summed E-state index contributed by atoms with van der Waals surface area (Å²) in [5, 5.41) is 0. The van der Waals surface area contributed by atoms with E-state index in [0.717, 1.165) is 0 Å². The molecule has 0 heterocycles. The van der Waals surface area contributed by atoms with Crippen LogP contribution in [-0.2, 0) is 0 Å². The molecule has 0 fully saturated rings. The van der Waals surface area contributed by atoms with Crippen LogP contribution in [0.25, 0.3) is 0 Å². The molecule has 0 radical (unpaired) electrons. The van der Waals surface area contributed by atoms with E-state index in [9.17, 15) is 0 Å². The molecule has 0 N–H and O–H groups in total. The number of unbranched alkanes of at least 4 members (excludes halogenated alkanes) is 6.